The second-order valence-corrected chi connectivity index (χ2v) is 9.88. The van der Waals surface area contributed by atoms with Gasteiger partial charge in [0.05, 0.1) is 30.5 Å². The van der Waals surface area contributed by atoms with Crippen LogP contribution >= 0.6 is 11.3 Å². The molecule has 0 saturated heterocycles. The molecule has 10 heteroatoms. The van der Waals surface area contributed by atoms with E-state index in [-0.39, 0.29) is 10.6 Å². The van der Waals surface area contributed by atoms with E-state index in [1.54, 1.807) is 31.2 Å². The summed E-state index contributed by atoms with van der Waals surface area (Å²) in [7, 11) is -1.22. The molecule has 1 heterocycles. The molecule has 0 atom stereocenters. The average molecular weight is 488 g/mol. The number of anilines is 1. The summed E-state index contributed by atoms with van der Waals surface area (Å²) in [4.78, 5) is 13.6. The Morgan fingerprint density at radius 3 is 2.36 bits per heavy atom. The van der Waals surface area contributed by atoms with Crippen LogP contribution in [0.4, 0.5) is 5.69 Å². The molecular weight excluding hydrogens is 462 g/mol. The zero-order valence-electron chi connectivity index (χ0n) is 18.7. The molecule has 0 spiro atoms. The van der Waals surface area contributed by atoms with Crippen molar-refractivity contribution in [3.05, 3.63) is 70.4 Å². The molecule has 0 bridgehead atoms. The van der Waals surface area contributed by atoms with Gasteiger partial charge in [-0.1, -0.05) is 23.8 Å². The smallest absolute Gasteiger partial charge is 0.264 e. The lowest BCUT2D eigenvalue weighted by Gasteiger charge is -2.24. The van der Waals surface area contributed by atoms with E-state index in [4.69, 9.17) is 9.47 Å². The number of ether oxygens (including phenoxy) is 2. The highest BCUT2D eigenvalue weighted by Crippen LogP contribution is 2.32. The summed E-state index contributed by atoms with van der Waals surface area (Å²) in [5.74, 6) is 0.0908. The fourth-order valence-electron chi connectivity index (χ4n) is 2.98. The van der Waals surface area contributed by atoms with Crippen molar-refractivity contribution < 1.29 is 22.7 Å². The van der Waals surface area contributed by atoms with Gasteiger partial charge in [-0.25, -0.2) is 13.8 Å². The summed E-state index contributed by atoms with van der Waals surface area (Å²) in [5, 5.41) is 6.01. The van der Waals surface area contributed by atoms with Gasteiger partial charge in [-0.15, -0.1) is 11.3 Å². The van der Waals surface area contributed by atoms with Gasteiger partial charge >= 0.3 is 0 Å². The topological polar surface area (TPSA) is 97.3 Å². The lowest BCUT2D eigenvalue weighted by atomic mass is 10.2. The minimum Gasteiger partial charge on any atom is -0.493 e. The number of carbonyl (C=O) groups is 1. The minimum absolute atomic E-state index is 0.0354. The van der Waals surface area contributed by atoms with E-state index in [1.165, 1.54) is 43.8 Å². The number of nitrogens with zero attached hydrogens (tertiary/aromatic N) is 2. The summed E-state index contributed by atoms with van der Waals surface area (Å²) in [6.07, 6.45) is 0. The number of carbonyl (C=O) groups excluding carboxylic acids is 1. The zero-order valence-corrected chi connectivity index (χ0v) is 20.4. The molecule has 33 heavy (non-hydrogen) atoms. The quantitative estimate of drug-likeness (QED) is 0.366. The normalized spacial score (nSPS) is 11.7. The largest absolute Gasteiger partial charge is 0.493 e. The third-order valence-corrected chi connectivity index (χ3v) is 7.53. The molecule has 0 aliphatic heterocycles. The Bertz CT molecular complexity index is 1240. The number of nitrogens with one attached hydrogen (secondary N) is 1. The first-order chi connectivity index (χ1) is 15.8. The second-order valence-electron chi connectivity index (χ2n) is 7.07. The molecule has 3 rings (SSSR count). The number of rotatable bonds is 9. The monoisotopic (exact) mass is 487 g/mol. The number of sulfonamides is 1. The second kappa shape index (κ2) is 10.5. The van der Waals surface area contributed by atoms with Crippen LogP contribution in [-0.4, -0.2) is 40.8 Å². The van der Waals surface area contributed by atoms with Crippen LogP contribution in [0.25, 0.3) is 0 Å². The Balaban J connectivity index is 1.93. The van der Waals surface area contributed by atoms with Crippen LogP contribution in [-0.2, 0) is 14.8 Å². The molecule has 2 aromatic carbocycles. The minimum atomic E-state index is -4.11. The molecule has 0 radical (unpaired) electrons. The van der Waals surface area contributed by atoms with E-state index in [2.05, 4.69) is 10.5 Å². The van der Waals surface area contributed by atoms with Crippen LogP contribution in [0.15, 0.2) is 70.0 Å². The van der Waals surface area contributed by atoms with Crippen molar-refractivity contribution in [3.63, 3.8) is 0 Å². The fraction of sp³-hybridized carbons (Fsp3) is 0.217. The number of aryl methyl sites for hydroxylation is 1. The van der Waals surface area contributed by atoms with Crippen molar-refractivity contribution in [2.75, 3.05) is 25.1 Å². The van der Waals surface area contributed by atoms with Crippen molar-refractivity contribution in [3.8, 4) is 11.5 Å². The molecular formula is C23H25N3O5S2. The average Bonchev–Trinajstić information content (AvgIpc) is 3.36. The van der Waals surface area contributed by atoms with Gasteiger partial charge < -0.3 is 9.47 Å². The summed E-state index contributed by atoms with van der Waals surface area (Å²) in [6, 6.07) is 14.9. The molecule has 1 aromatic heterocycles. The lowest BCUT2D eigenvalue weighted by Crippen LogP contribution is -2.39. The maximum Gasteiger partial charge on any atom is 0.264 e. The van der Waals surface area contributed by atoms with Gasteiger partial charge in [0, 0.05) is 10.9 Å². The van der Waals surface area contributed by atoms with Gasteiger partial charge in [0.2, 0.25) is 0 Å². The summed E-state index contributed by atoms with van der Waals surface area (Å²) >= 11 is 1.49. The van der Waals surface area contributed by atoms with E-state index in [0.29, 0.717) is 17.1 Å². The number of methoxy groups -OCH3 is 2. The third-order valence-electron chi connectivity index (χ3n) is 4.78. The molecule has 0 saturated carbocycles. The molecule has 0 aliphatic carbocycles. The summed E-state index contributed by atoms with van der Waals surface area (Å²) < 4.78 is 38.6. The zero-order chi connectivity index (χ0) is 24.0. The van der Waals surface area contributed by atoms with Gasteiger partial charge in [-0.05, 0) is 49.6 Å². The first kappa shape index (κ1) is 24.3. The Hall–Kier alpha value is -3.37. The first-order valence-electron chi connectivity index (χ1n) is 9.94. The number of amides is 1. The molecule has 1 N–H and O–H groups in total. The fourth-order valence-corrected chi connectivity index (χ4v) is 5.10. The van der Waals surface area contributed by atoms with Crippen molar-refractivity contribution >= 4 is 38.7 Å². The Kier molecular flexibility index (Phi) is 7.72. The predicted octanol–water partition coefficient (Wildman–Crippen LogP) is 3.81. The van der Waals surface area contributed by atoms with Crippen molar-refractivity contribution in [2.24, 2.45) is 5.10 Å². The molecule has 8 nitrogen and oxygen atoms in total. The molecule has 0 aliphatic rings. The third kappa shape index (κ3) is 5.71. The van der Waals surface area contributed by atoms with Gasteiger partial charge in [-0.2, -0.15) is 5.10 Å². The highest BCUT2D eigenvalue weighted by Gasteiger charge is 2.28. The highest BCUT2D eigenvalue weighted by molar-refractivity contribution is 7.92. The van der Waals surface area contributed by atoms with Crippen LogP contribution in [0.1, 0.15) is 17.4 Å². The maximum atomic E-state index is 13.6. The Morgan fingerprint density at radius 2 is 1.76 bits per heavy atom. The van der Waals surface area contributed by atoms with Gasteiger partial charge in [0.1, 0.15) is 6.54 Å². The van der Waals surface area contributed by atoms with Crippen LogP contribution in [0.5, 0.6) is 11.5 Å². The summed E-state index contributed by atoms with van der Waals surface area (Å²) in [5.41, 5.74) is 4.39. The number of benzene rings is 2. The van der Waals surface area contributed by atoms with E-state index in [9.17, 15) is 13.2 Å². The number of hydrazone groups is 1. The standard InChI is InChI=1S/C23H25N3O5S2/c1-16-7-9-18(10-8-16)26(15-23(27)25-24-17(2)22-6-5-13-32-22)33(28,29)19-11-12-20(30-3)21(14-19)31-4/h5-14H,15H2,1-4H3,(H,25,27). The molecule has 1 amide bonds. The van der Waals surface area contributed by atoms with E-state index in [0.717, 1.165) is 14.7 Å². The van der Waals surface area contributed by atoms with Crippen LogP contribution in [0.2, 0.25) is 0 Å². The van der Waals surface area contributed by atoms with Crippen molar-refractivity contribution in [1.29, 1.82) is 0 Å². The predicted molar refractivity (Wildman–Crippen MR) is 130 cm³/mol. The summed E-state index contributed by atoms with van der Waals surface area (Å²) in [6.45, 7) is 3.21. The molecule has 174 valence electrons. The van der Waals surface area contributed by atoms with Crippen molar-refractivity contribution in [1.82, 2.24) is 5.43 Å². The molecule has 0 unspecified atom stereocenters. The van der Waals surface area contributed by atoms with Crippen molar-refractivity contribution in [2.45, 2.75) is 18.7 Å². The Labute approximate surface area is 197 Å². The van der Waals surface area contributed by atoms with Gasteiger partial charge in [0.25, 0.3) is 15.9 Å². The van der Waals surface area contributed by atoms with Crippen LogP contribution in [0.3, 0.4) is 0 Å². The SMILES string of the molecule is COc1ccc(S(=O)(=O)N(CC(=O)NN=C(C)c2cccs2)c2ccc(C)cc2)cc1OC. The lowest BCUT2D eigenvalue weighted by molar-refractivity contribution is -0.119. The van der Waals surface area contributed by atoms with Gasteiger partial charge in [0.15, 0.2) is 11.5 Å². The van der Waals surface area contributed by atoms with Crippen LogP contribution in [0, 0.1) is 6.92 Å². The van der Waals surface area contributed by atoms with E-state index >= 15 is 0 Å². The molecule has 0 fully saturated rings. The van der Waals surface area contributed by atoms with Crippen LogP contribution < -0.4 is 19.2 Å². The highest BCUT2D eigenvalue weighted by atomic mass is 32.2. The number of thiophene rings is 1. The Morgan fingerprint density at radius 1 is 1.06 bits per heavy atom. The van der Waals surface area contributed by atoms with Gasteiger partial charge in [-0.3, -0.25) is 9.10 Å². The first-order valence-corrected chi connectivity index (χ1v) is 12.3. The molecule has 3 aromatic rings. The van der Waals surface area contributed by atoms with E-state index in [1.807, 2.05) is 24.4 Å². The number of hydrogen-bond donors (Lipinski definition) is 1. The maximum absolute atomic E-state index is 13.6. The number of hydrogen-bond acceptors (Lipinski definition) is 7. The van der Waals surface area contributed by atoms with E-state index < -0.39 is 22.5 Å².